The third-order valence-corrected chi connectivity index (χ3v) is 5.04. The molecule has 0 spiro atoms. The maximum Gasteiger partial charge on any atom is 0.326 e. The van der Waals surface area contributed by atoms with E-state index in [0.717, 1.165) is 51.9 Å². The number of likely N-dealkylation sites (N-methyl/N-ethyl adjacent to an activating group) is 1. The van der Waals surface area contributed by atoms with Crippen LogP contribution in [0.3, 0.4) is 0 Å². The second-order valence-electron chi connectivity index (χ2n) is 6.41. The number of rotatable bonds is 4. The van der Waals surface area contributed by atoms with E-state index in [1.165, 1.54) is 20.1 Å². The van der Waals surface area contributed by atoms with Gasteiger partial charge in [-0.25, -0.2) is 0 Å². The topological polar surface area (TPSA) is 58.8 Å². The van der Waals surface area contributed by atoms with E-state index in [1.807, 2.05) is 0 Å². The Morgan fingerprint density at radius 1 is 1.30 bits per heavy atom. The highest BCUT2D eigenvalue weighted by atomic mass is 16.5. The Morgan fingerprint density at radius 3 is 2.85 bits per heavy atom. The number of nitrogens with zero attached hydrogens (tertiary/aromatic N) is 2. The predicted molar refractivity (Wildman–Crippen MR) is 79.4 cm³/mol. The maximum absolute atomic E-state index is 11.9. The first-order valence-corrected chi connectivity index (χ1v) is 7.84. The molecule has 2 aliphatic rings. The first kappa shape index (κ1) is 15.7. The maximum atomic E-state index is 11.9. The Hall–Kier alpha value is -0.650. The van der Waals surface area contributed by atoms with Gasteiger partial charge in [-0.3, -0.25) is 4.79 Å². The molecule has 5 nitrogen and oxygen atoms in total. The number of hydrogen-bond acceptors (Lipinski definition) is 5. The summed E-state index contributed by atoms with van der Waals surface area (Å²) >= 11 is 0. The van der Waals surface area contributed by atoms with Crippen LogP contribution in [0.5, 0.6) is 0 Å². The summed E-state index contributed by atoms with van der Waals surface area (Å²) in [4.78, 5) is 16.8. The SMILES string of the molecule is COC(=O)C1(N)CCCC1CCN1CCCN(C)CC1. The molecule has 2 N–H and O–H groups in total. The van der Waals surface area contributed by atoms with Gasteiger partial charge in [-0.05, 0) is 58.3 Å². The third kappa shape index (κ3) is 3.51. The fraction of sp³-hybridized carbons (Fsp3) is 0.933. The van der Waals surface area contributed by atoms with Gasteiger partial charge < -0.3 is 20.3 Å². The molecule has 0 radical (unpaired) electrons. The molecule has 2 rings (SSSR count). The van der Waals surface area contributed by atoms with Crippen molar-refractivity contribution in [1.29, 1.82) is 0 Å². The molecule has 1 heterocycles. The first-order valence-electron chi connectivity index (χ1n) is 7.84. The average molecular weight is 283 g/mol. The Kier molecular flexibility index (Phi) is 5.41. The Labute approximate surface area is 122 Å². The molecule has 5 heteroatoms. The predicted octanol–water partition coefficient (Wildman–Crippen LogP) is 0.685. The van der Waals surface area contributed by atoms with Crippen LogP contribution in [-0.4, -0.2) is 68.2 Å². The van der Waals surface area contributed by atoms with Gasteiger partial charge in [0.1, 0.15) is 5.54 Å². The zero-order chi connectivity index (χ0) is 14.6. The molecule has 116 valence electrons. The molecule has 2 fully saturated rings. The number of hydrogen-bond donors (Lipinski definition) is 1. The molecule has 2 unspecified atom stereocenters. The van der Waals surface area contributed by atoms with Crippen LogP contribution in [0.1, 0.15) is 32.1 Å². The quantitative estimate of drug-likeness (QED) is 0.769. The summed E-state index contributed by atoms with van der Waals surface area (Å²) in [7, 11) is 3.62. The molecule has 1 aliphatic carbocycles. The molecule has 20 heavy (non-hydrogen) atoms. The third-order valence-electron chi connectivity index (χ3n) is 5.04. The van der Waals surface area contributed by atoms with Gasteiger partial charge in [-0.1, -0.05) is 6.42 Å². The van der Waals surface area contributed by atoms with Crippen molar-refractivity contribution < 1.29 is 9.53 Å². The number of methoxy groups -OCH3 is 1. The minimum atomic E-state index is -0.739. The normalized spacial score (nSPS) is 33.0. The van der Waals surface area contributed by atoms with E-state index in [1.54, 1.807) is 0 Å². The fourth-order valence-electron chi connectivity index (χ4n) is 3.63. The van der Waals surface area contributed by atoms with Crippen molar-refractivity contribution in [3.63, 3.8) is 0 Å². The van der Waals surface area contributed by atoms with E-state index < -0.39 is 5.54 Å². The number of carbonyl (C=O) groups is 1. The molecule has 1 saturated carbocycles. The van der Waals surface area contributed by atoms with E-state index in [4.69, 9.17) is 10.5 Å². The Balaban J connectivity index is 1.85. The summed E-state index contributed by atoms with van der Waals surface area (Å²) < 4.78 is 4.91. The number of nitrogens with two attached hydrogens (primary N) is 1. The van der Waals surface area contributed by atoms with Gasteiger partial charge in [-0.15, -0.1) is 0 Å². The monoisotopic (exact) mass is 283 g/mol. The number of carbonyl (C=O) groups excluding carboxylic acids is 1. The van der Waals surface area contributed by atoms with Crippen molar-refractivity contribution in [2.45, 2.75) is 37.6 Å². The van der Waals surface area contributed by atoms with Crippen molar-refractivity contribution in [1.82, 2.24) is 9.80 Å². The molecule has 1 aliphatic heterocycles. The van der Waals surface area contributed by atoms with Crippen LogP contribution in [0.15, 0.2) is 0 Å². The summed E-state index contributed by atoms with van der Waals surface area (Å²) in [5, 5.41) is 0. The van der Waals surface area contributed by atoms with E-state index in [2.05, 4.69) is 16.8 Å². The smallest absolute Gasteiger partial charge is 0.326 e. The lowest BCUT2D eigenvalue weighted by molar-refractivity contribution is -0.148. The molecule has 0 aromatic carbocycles. The fourth-order valence-corrected chi connectivity index (χ4v) is 3.63. The van der Waals surface area contributed by atoms with Crippen LogP contribution < -0.4 is 5.73 Å². The Morgan fingerprint density at radius 2 is 2.10 bits per heavy atom. The minimum Gasteiger partial charge on any atom is -0.468 e. The molecule has 0 amide bonds. The second kappa shape index (κ2) is 6.87. The summed E-state index contributed by atoms with van der Waals surface area (Å²) in [6, 6.07) is 0. The standard InChI is InChI=1S/C15H29N3O2/c1-17-8-4-9-18(12-11-17)10-6-13-5-3-7-15(13,16)14(19)20-2/h13H,3-12,16H2,1-2H3. The van der Waals surface area contributed by atoms with Crippen molar-refractivity contribution in [2.75, 3.05) is 46.9 Å². The van der Waals surface area contributed by atoms with Crippen molar-refractivity contribution in [3.8, 4) is 0 Å². The molecular weight excluding hydrogens is 254 g/mol. The van der Waals surface area contributed by atoms with Gasteiger partial charge in [0, 0.05) is 13.1 Å². The highest BCUT2D eigenvalue weighted by Crippen LogP contribution is 2.37. The van der Waals surface area contributed by atoms with E-state index >= 15 is 0 Å². The minimum absolute atomic E-state index is 0.226. The summed E-state index contributed by atoms with van der Waals surface area (Å²) in [5.74, 6) is 0.0477. The second-order valence-corrected chi connectivity index (χ2v) is 6.41. The lowest BCUT2D eigenvalue weighted by atomic mass is 9.85. The summed E-state index contributed by atoms with van der Waals surface area (Å²) in [5.41, 5.74) is 5.59. The lowest BCUT2D eigenvalue weighted by Gasteiger charge is -2.30. The van der Waals surface area contributed by atoms with Crippen LogP contribution >= 0.6 is 0 Å². The zero-order valence-corrected chi connectivity index (χ0v) is 12.9. The van der Waals surface area contributed by atoms with Gasteiger partial charge in [0.25, 0.3) is 0 Å². The number of ether oxygens (including phenoxy) is 1. The van der Waals surface area contributed by atoms with Gasteiger partial charge in [-0.2, -0.15) is 0 Å². The molecular formula is C15H29N3O2. The van der Waals surface area contributed by atoms with Gasteiger partial charge in [0.15, 0.2) is 0 Å². The van der Waals surface area contributed by atoms with Crippen molar-refractivity contribution >= 4 is 5.97 Å². The molecule has 0 bridgehead atoms. The van der Waals surface area contributed by atoms with Crippen molar-refractivity contribution in [2.24, 2.45) is 11.7 Å². The van der Waals surface area contributed by atoms with Gasteiger partial charge >= 0.3 is 5.97 Å². The molecule has 0 aromatic rings. The van der Waals surface area contributed by atoms with Crippen molar-refractivity contribution in [3.05, 3.63) is 0 Å². The first-order chi connectivity index (χ1) is 9.56. The number of esters is 1. The van der Waals surface area contributed by atoms with Crippen LogP contribution in [0.2, 0.25) is 0 Å². The van der Waals surface area contributed by atoms with Crippen LogP contribution in [0.25, 0.3) is 0 Å². The average Bonchev–Trinajstić information content (AvgIpc) is 2.69. The van der Waals surface area contributed by atoms with E-state index in [-0.39, 0.29) is 11.9 Å². The molecule has 1 saturated heterocycles. The molecule has 2 atom stereocenters. The van der Waals surface area contributed by atoms with Crippen LogP contribution in [0, 0.1) is 5.92 Å². The molecule has 0 aromatic heterocycles. The summed E-state index contributed by atoms with van der Waals surface area (Å²) in [6.45, 7) is 5.65. The van der Waals surface area contributed by atoms with Gasteiger partial charge in [0.05, 0.1) is 7.11 Å². The zero-order valence-electron chi connectivity index (χ0n) is 12.9. The van der Waals surface area contributed by atoms with Crippen LogP contribution in [-0.2, 0) is 9.53 Å². The Bertz CT molecular complexity index is 337. The van der Waals surface area contributed by atoms with E-state index in [0.29, 0.717) is 0 Å². The van der Waals surface area contributed by atoms with Gasteiger partial charge in [0.2, 0.25) is 0 Å². The largest absolute Gasteiger partial charge is 0.468 e. The summed E-state index contributed by atoms with van der Waals surface area (Å²) in [6.07, 6.45) is 5.10. The highest BCUT2D eigenvalue weighted by Gasteiger charge is 2.46. The van der Waals surface area contributed by atoms with E-state index in [9.17, 15) is 4.79 Å². The highest BCUT2D eigenvalue weighted by molar-refractivity contribution is 5.81. The van der Waals surface area contributed by atoms with Crippen LogP contribution in [0.4, 0.5) is 0 Å². The lowest BCUT2D eigenvalue weighted by Crippen LogP contribution is -2.52.